The fourth-order valence-corrected chi connectivity index (χ4v) is 3.21. The molecule has 0 radical (unpaired) electrons. The third kappa shape index (κ3) is 10.9. The molecule has 0 spiro atoms. The van der Waals surface area contributed by atoms with Gasteiger partial charge in [-0.25, -0.2) is 9.78 Å². The Balaban J connectivity index is 2.99. The van der Waals surface area contributed by atoms with Gasteiger partial charge in [-0.1, -0.05) is 13.8 Å². The van der Waals surface area contributed by atoms with Gasteiger partial charge in [0.05, 0.1) is 18.8 Å². The Morgan fingerprint density at radius 2 is 1.53 bits per heavy atom. The van der Waals surface area contributed by atoms with Crippen molar-refractivity contribution in [2.75, 3.05) is 0 Å². The molecule has 0 aliphatic rings. The first-order valence-electron chi connectivity index (χ1n) is 11.2. The monoisotopic (exact) mass is 510 g/mol. The first-order valence-corrected chi connectivity index (χ1v) is 11.2. The third-order valence-electron chi connectivity index (χ3n) is 5.00. The number of aliphatic carboxylic acids is 1. The number of imidazole rings is 1. The van der Waals surface area contributed by atoms with Crippen molar-refractivity contribution in [1.29, 1.82) is 0 Å². The van der Waals surface area contributed by atoms with E-state index in [-0.39, 0.29) is 31.6 Å². The Bertz CT molecular complexity index is 935. The van der Waals surface area contributed by atoms with Crippen LogP contribution in [-0.2, 0) is 35.2 Å². The van der Waals surface area contributed by atoms with Gasteiger partial charge in [-0.3, -0.25) is 24.0 Å². The average Bonchev–Trinajstić information content (AvgIpc) is 3.27. The molecule has 5 amide bonds. The van der Waals surface area contributed by atoms with E-state index in [4.69, 9.17) is 17.2 Å². The molecule has 0 aliphatic carbocycles. The molecule has 0 saturated heterocycles. The van der Waals surface area contributed by atoms with Gasteiger partial charge >= 0.3 is 5.97 Å². The van der Waals surface area contributed by atoms with Crippen molar-refractivity contribution in [3.05, 3.63) is 18.2 Å². The van der Waals surface area contributed by atoms with Gasteiger partial charge in [0, 0.05) is 24.7 Å². The molecule has 1 aromatic heterocycles. The van der Waals surface area contributed by atoms with Crippen LogP contribution in [0.25, 0.3) is 0 Å². The van der Waals surface area contributed by atoms with E-state index >= 15 is 0 Å². The average molecular weight is 511 g/mol. The summed E-state index contributed by atoms with van der Waals surface area (Å²) in [6, 6.07) is -5.22. The van der Waals surface area contributed by atoms with Gasteiger partial charge in [0.2, 0.25) is 29.5 Å². The van der Waals surface area contributed by atoms with Crippen molar-refractivity contribution in [3.63, 3.8) is 0 Å². The van der Waals surface area contributed by atoms with Crippen molar-refractivity contribution in [2.45, 2.75) is 70.1 Å². The van der Waals surface area contributed by atoms with Gasteiger partial charge in [-0.2, -0.15) is 0 Å². The van der Waals surface area contributed by atoms with Gasteiger partial charge in [-0.15, -0.1) is 0 Å². The lowest BCUT2D eigenvalue weighted by Gasteiger charge is -2.25. The number of nitrogens with one attached hydrogen (secondary N) is 4. The second kappa shape index (κ2) is 14.4. The number of amides is 5. The highest BCUT2D eigenvalue weighted by atomic mass is 16.4. The molecule has 0 aliphatic heterocycles. The zero-order valence-electron chi connectivity index (χ0n) is 20.2. The largest absolute Gasteiger partial charge is 0.480 e. The number of rotatable bonds is 16. The van der Waals surface area contributed by atoms with Crippen molar-refractivity contribution < 1.29 is 33.9 Å². The minimum atomic E-state index is -1.53. The van der Waals surface area contributed by atoms with Crippen molar-refractivity contribution in [3.8, 4) is 0 Å². The van der Waals surface area contributed by atoms with Crippen LogP contribution in [0.4, 0.5) is 0 Å². The van der Waals surface area contributed by atoms with Crippen LogP contribution >= 0.6 is 0 Å². The summed E-state index contributed by atoms with van der Waals surface area (Å²) in [4.78, 5) is 79.1. The molecule has 11 N–H and O–H groups in total. The first kappa shape index (κ1) is 30.0. The number of aromatic amines is 1. The molecular weight excluding hydrogens is 476 g/mol. The summed E-state index contributed by atoms with van der Waals surface area (Å²) in [5.74, 6) is -5.65. The Kier molecular flexibility index (Phi) is 12.0. The SMILES string of the molecule is CC(C)CC(NC(=O)C(CC(N)=O)NC(=O)C(CCC(N)=O)NC(=O)C(N)Cc1cnc[nH]1)C(=O)O. The van der Waals surface area contributed by atoms with E-state index in [0.29, 0.717) is 5.69 Å². The maximum absolute atomic E-state index is 12.9. The molecule has 15 heteroatoms. The predicted octanol–water partition coefficient (Wildman–Crippen LogP) is -2.99. The van der Waals surface area contributed by atoms with E-state index in [1.54, 1.807) is 13.8 Å². The van der Waals surface area contributed by atoms with E-state index in [0.717, 1.165) is 0 Å². The van der Waals surface area contributed by atoms with Crippen molar-refractivity contribution in [1.82, 2.24) is 25.9 Å². The van der Waals surface area contributed by atoms with E-state index in [1.165, 1.54) is 12.5 Å². The van der Waals surface area contributed by atoms with Gasteiger partial charge in [0.15, 0.2) is 0 Å². The molecular formula is C21H34N8O7. The summed E-state index contributed by atoms with van der Waals surface area (Å²) >= 11 is 0. The Morgan fingerprint density at radius 3 is 2.03 bits per heavy atom. The summed E-state index contributed by atoms with van der Waals surface area (Å²) in [6.45, 7) is 3.52. The van der Waals surface area contributed by atoms with Crippen LogP contribution in [0.3, 0.4) is 0 Å². The lowest BCUT2D eigenvalue weighted by molar-refractivity contribution is -0.143. The standard InChI is InChI=1S/C21H34N8O7/c1-10(2)5-15(21(35)36)29-20(34)14(7-17(24)31)28-19(33)13(3-4-16(23)30)27-18(32)12(22)6-11-8-25-9-26-11/h8-10,12-15H,3-7,22H2,1-2H3,(H2,23,30)(H2,24,31)(H,25,26)(H,27,32)(H,28,33)(H,29,34)(H,35,36). The summed E-state index contributed by atoms with van der Waals surface area (Å²) in [6.07, 6.45) is 1.92. The summed E-state index contributed by atoms with van der Waals surface area (Å²) in [5.41, 5.74) is 16.8. The van der Waals surface area contributed by atoms with Gasteiger partial charge < -0.3 is 43.2 Å². The van der Waals surface area contributed by atoms with Gasteiger partial charge in [0.1, 0.15) is 18.1 Å². The van der Waals surface area contributed by atoms with Crippen LogP contribution in [0.1, 0.15) is 45.2 Å². The molecule has 1 rings (SSSR count). The summed E-state index contributed by atoms with van der Waals surface area (Å²) < 4.78 is 0. The molecule has 1 heterocycles. The molecule has 0 bridgehead atoms. The maximum atomic E-state index is 12.9. The van der Waals surface area contributed by atoms with E-state index in [2.05, 4.69) is 25.9 Å². The minimum Gasteiger partial charge on any atom is -0.480 e. The highest BCUT2D eigenvalue weighted by Crippen LogP contribution is 2.07. The number of carboxylic acids is 1. The van der Waals surface area contributed by atoms with Crippen LogP contribution in [0.2, 0.25) is 0 Å². The molecule has 15 nitrogen and oxygen atoms in total. The highest BCUT2D eigenvalue weighted by molar-refractivity contribution is 5.96. The highest BCUT2D eigenvalue weighted by Gasteiger charge is 2.31. The van der Waals surface area contributed by atoms with Crippen LogP contribution in [0.15, 0.2) is 12.5 Å². The number of hydrogen-bond acceptors (Lipinski definition) is 8. The Labute approximate surface area is 207 Å². The zero-order valence-corrected chi connectivity index (χ0v) is 20.2. The number of carboxylic acid groups (broad SMARTS) is 1. The topological polar surface area (TPSA) is 265 Å². The Morgan fingerprint density at radius 1 is 0.944 bits per heavy atom. The smallest absolute Gasteiger partial charge is 0.326 e. The molecule has 0 aromatic carbocycles. The quantitative estimate of drug-likeness (QED) is 0.112. The van der Waals surface area contributed by atoms with Gasteiger partial charge in [0.25, 0.3) is 0 Å². The van der Waals surface area contributed by atoms with Crippen molar-refractivity contribution in [2.24, 2.45) is 23.1 Å². The molecule has 4 atom stereocenters. The first-order chi connectivity index (χ1) is 16.8. The van der Waals surface area contributed by atoms with Crippen LogP contribution < -0.4 is 33.2 Å². The van der Waals surface area contributed by atoms with Crippen LogP contribution in [0.5, 0.6) is 0 Å². The van der Waals surface area contributed by atoms with Crippen molar-refractivity contribution >= 4 is 35.5 Å². The number of H-pyrrole nitrogens is 1. The molecule has 1 aromatic rings. The van der Waals surface area contributed by atoms with E-state index in [9.17, 15) is 33.9 Å². The number of nitrogens with zero attached hydrogens (tertiary/aromatic N) is 1. The lowest BCUT2D eigenvalue weighted by Crippen LogP contribution is -2.58. The number of primary amides is 2. The van der Waals surface area contributed by atoms with Gasteiger partial charge in [-0.05, 0) is 18.8 Å². The number of nitrogens with two attached hydrogens (primary N) is 3. The zero-order chi connectivity index (χ0) is 27.4. The minimum absolute atomic E-state index is 0.0741. The molecule has 4 unspecified atom stereocenters. The normalized spacial score (nSPS) is 14.2. The summed E-state index contributed by atoms with van der Waals surface area (Å²) in [5, 5.41) is 16.3. The second-order valence-electron chi connectivity index (χ2n) is 8.71. The van der Waals surface area contributed by atoms with E-state index in [1.807, 2.05) is 0 Å². The predicted molar refractivity (Wildman–Crippen MR) is 125 cm³/mol. The van der Waals surface area contributed by atoms with Crippen LogP contribution in [0, 0.1) is 5.92 Å². The Hall–Kier alpha value is -4.01. The number of carbonyl (C=O) groups is 6. The van der Waals surface area contributed by atoms with E-state index < -0.39 is 66.1 Å². The third-order valence-corrected chi connectivity index (χ3v) is 5.00. The fourth-order valence-electron chi connectivity index (χ4n) is 3.21. The lowest BCUT2D eigenvalue weighted by atomic mass is 10.0. The molecule has 0 saturated carbocycles. The number of hydrogen-bond donors (Lipinski definition) is 8. The van der Waals surface area contributed by atoms with Crippen LogP contribution in [-0.4, -0.2) is 74.7 Å². The number of carbonyl (C=O) groups excluding carboxylic acids is 5. The summed E-state index contributed by atoms with van der Waals surface area (Å²) in [7, 11) is 0. The second-order valence-corrected chi connectivity index (χ2v) is 8.71. The number of aromatic nitrogens is 2. The fraction of sp³-hybridized carbons (Fsp3) is 0.571. The molecule has 36 heavy (non-hydrogen) atoms. The maximum Gasteiger partial charge on any atom is 0.326 e. The molecule has 200 valence electrons. The molecule has 0 fully saturated rings.